The molecule has 4 rings (SSSR count). The summed E-state index contributed by atoms with van der Waals surface area (Å²) in [7, 11) is 1.80. The maximum absolute atomic E-state index is 12.6. The number of aromatic nitrogens is 5. The Morgan fingerprint density at radius 1 is 1.20 bits per heavy atom. The zero-order valence-corrected chi connectivity index (χ0v) is 13.6. The van der Waals surface area contributed by atoms with Gasteiger partial charge in [0.25, 0.3) is 5.91 Å². The minimum Gasteiger partial charge on any atom is -0.339 e. The number of carbonyl (C=O) groups is 1. The molecule has 1 amide bonds. The molecule has 4 aromatic rings. The molecule has 0 saturated heterocycles. The van der Waals surface area contributed by atoms with Crippen LogP contribution in [0.4, 0.5) is 5.69 Å². The van der Waals surface area contributed by atoms with Crippen molar-refractivity contribution in [3.63, 3.8) is 0 Å². The number of nitrogens with one attached hydrogen (secondary N) is 1. The summed E-state index contributed by atoms with van der Waals surface area (Å²) >= 11 is 0. The Bertz CT molecular complexity index is 1080. The second-order valence-corrected chi connectivity index (χ2v) is 5.55. The number of hydrogen-bond acceptors (Lipinski definition) is 6. The van der Waals surface area contributed by atoms with Crippen LogP contribution in [0.2, 0.25) is 0 Å². The van der Waals surface area contributed by atoms with Gasteiger partial charge in [-0.15, -0.1) is 5.10 Å². The summed E-state index contributed by atoms with van der Waals surface area (Å²) in [6.45, 7) is 1.72. The van der Waals surface area contributed by atoms with Gasteiger partial charge in [-0.3, -0.25) is 4.79 Å². The molecule has 0 fully saturated rings. The summed E-state index contributed by atoms with van der Waals surface area (Å²) in [6.07, 6.45) is 0. The van der Waals surface area contributed by atoms with E-state index < -0.39 is 0 Å². The van der Waals surface area contributed by atoms with Gasteiger partial charge in [-0.2, -0.15) is 4.98 Å². The Balaban J connectivity index is 1.66. The molecule has 0 aliphatic carbocycles. The Labute approximate surface area is 142 Å². The van der Waals surface area contributed by atoms with Crippen LogP contribution < -0.4 is 5.32 Å². The van der Waals surface area contributed by atoms with Gasteiger partial charge in [-0.1, -0.05) is 22.5 Å². The number of hydrogen-bond donors (Lipinski definition) is 1. The Morgan fingerprint density at radius 3 is 2.84 bits per heavy atom. The number of rotatable bonds is 3. The van der Waals surface area contributed by atoms with Crippen molar-refractivity contribution in [2.45, 2.75) is 6.92 Å². The number of anilines is 1. The van der Waals surface area contributed by atoms with Gasteiger partial charge in [0, 0.05) is 25.1 Å². The minimum atomic E-state index is -0.250. The Morgan fingerprint density at radius 2 is 2.04 bits per heavy atom. The van der Waals surface area contributed by atoms with Crippen molar-refractivity contribution in [2.75, 3.05) is 5.32 Å². The lowest BCUT2D eigenvalue weighted by molar-refractivity contribution is 0.102. The van der Waals surface area contributed by atoms with E-state index in [-0.39, 0.29) is 5.91 Å². The molecule has 1 N–H and O–H groups in total. The highest BCUT2D eigenvalue weighted by Crippen LogP contribution is 2.26. The Kier molecular flexibility index (Phi) is 3.50. The van der Waals surface area contributed by atoms with E-state index in [0.29, 0.717) is 34.0 Å². The van der Waals surface area contributed by atoms with Gasteiger partial charge in [0.05, 0.1) is 11.2 Å². The third kappa shape index (κ3) is 2.74. The lowest BCUT2D eigenvalue weighted by atomic mass is 10.1. The van der Waals surface area contributed by atoms with Crippen molar-refractivity contribution >= 4 is 22.6 Å². The lowest BCUT2D eigenvalue weighted by Crippen LogP contribution is -2.12. The first-order valence-corrected chi connectivity index (χ1v) is 7.62. The molecule has 8 nitrogen and oxygen atoms in total. The highest BCUT2D eigenvalue weighted by Gasteiger charge is 2.14. The van der Waals surface area contributed by atoms with Crippen LogP contribution in [0.25, 0.3) is 22.4 Å². The minimum absolute atomic E-state index is 0.250. The standard InChI is InChI=1S/C17H14N6O2/c1-10-18-16(21-25-10)12-5-3-4-6-13(12)19-17(24)11-7-8-15-14(9-11)20-22-23(15)2/h3-9H,1-2H3,(H,19,24). The average Bonchev–Trinajstić information content (AvgIpc) is 3.21. The predicted molar refractivity (Wildman–Crippen MR) is 90.9 cm³/mol. The van der Waals surface area contributed by atoms with Crippen molar-refractivity contribution < 1.29 is 9.32 Å². The van der Waals surface area contributed by atoms with Crippen LogP contribution in [0.15, 0.2) is 47.0 Å². The average molecular weight is 334 g/mol. The van der Waals surface area contributed by atoms with E-state index in [1.165, 1.54) is 0 Å². The lowest BCUT2D eigenvalue weighted by Gasteiger charge is -2.08. The second kappa shape index (κ2) is 5.82. The van der Waals surface area contributed by atoms with E-state index in [1.807, 2.05) is 24.3 Å². The Hall–Kier alpha value is -3.55. The van der Waals surface area contributed by atoms with Crippen LogP contribution in [0.3, 0.4) is 0 Å². The van der Waals surface area contributed by atoms with Crippen LogP contribution >= 0.6 is 0 Å². The normalized spacial score (nSPS) is 11.0. The number of benzene rings is 2. The molecule has 0 unspecified atom stereocenters. The third-order valence-corrected chi connectivity index (χ3v) is 3.82. The van der Waals surface area contributed by atoms with Gasteiger partial charge in [-0.05, 0) is 30.3 Å². The topological polar surface area (TPSA) is 98.7 Å². The molecule has 124 valence electrons. The monoisotopic (exact) mass is 334 g/mol. The molecule has 0 aliphatic rings. The fraction of sp³-hybridized carbons (Fsp3) is 0.118. The molecule has 0 spiro atoms. The summed E-state index contributed by atoms with van der Waals surface area (Å²) in [5, 5.41) is 14.8. The molecule has 2 aromatic carbocycles. The number of amides is 1. The maximum atomic E-state index is 12.6. The highest BCUT2D eigenvalue weighted by atomic mass is 16.5. The third-order valence-electron chi connectivity index (χ3n) is 3.82. The van der Waals surface area contributed by atoms with Crippen LogP contribution in [0, 0.1) is 6.92 Å². The van der Waals surface area contributed by atoms with Crippen LogP contribution in [0.5, 0.6) is 0 Å². The molecule has 2 heterocycles. The number of nitrogens with zero attached hydrogens (tertiary/aromatic N) is 5. The molecule has 2 aromatic heterocycles. The molecule has 0 aliphatic heterocycles. The largest absolute Gasteiger partial charge is 0.339 e. The molecule has 0 atom stereocenters. The molecule has 25 heavy (non-hydrogen) atoms. The van der Waals surface area contributed by atoms with Crippen molar-refractivity contribution in [3.8, 4) is 11.4 Å². The van der Waals surface area contributed by atoms with Gasteiger partial charge in [0.15, 0.2) is 0 Å². The van der Waals surface area contributed by atoms with Crippen molar-refractivity contribution in [1.82, 2.24) is 25.1 Å². The highest BCUT2D eigenvalue weighted by molar-refractivity contribution is 6.07. The maximum Gasteiger partial charge on any atom is 0.255 e. The van der Waals surface area contributed by atoms with Crippen LogP contribution in [-0.2, 0) is 7.05 Å². The van der Waals surface area contributed by atoms with Gasteiger partial charge < -0.3 is 9.84 Å². The summed E-state index contributed by atoms with van der Waals surface area (Å²) in [5.41, 5.74) is 3.31. The number of fused-ring (bicyclic) bond motifs is 1. The van der Waals surface area contributed by atoms with E-state index in [0.717, 1.165) is 5.52 Å². The summed E-state index contributed by atoms with van der Waals surface area (Å²) in [4.78, 5) is 16.8. The first-order valence-electron chi connectivity index (χ1n) is 7.62. The fourth-order valence-electron chi connectivity index (χ4n) is 2.57. The van der Waals surface area contributed by atoms with E-state index in [2.05, 4.69) is 25.8 Å². The molecule has 8 heteroatoms. The number of carbonyl (C=O) groups excluding carboxylic acids is 1. The SMILES string of the molecule is Cc1nc(-c2ccccc2NC(=O)c2ccc3c(c2)nnn3C)no1. The van der Waals surface area contributed by atoms with E-state index in [4.69, 9.17) is 4.52 Å². The zero-order valence-electron chi connectivity index (χ0n) is 13.6. The van der Waals surface area contributed by atoms with Crippen molar-refractivity contribution in [2.24, 2.45) is 7.05 Å². The quantitative estimate of drug-likeness (QED) is 0.618. The predicted octanol–water partition coefficient (Wildman–Crippen LogP) is 2.58. The molecule has 0 saturated carbocycles. The summed E-state index contributed by atoms with van der Waals surface area (Å²) in [5.74, 6) is 0.641. The molecular formula is C17H14N6O2. The fourth-order valence-corrected chi connectivity index (χ4v) is 2.57. The van der Waals surface area contributed by atoms with Crippen LogP contribution in [0.1, 0.15) is 16.2 Å². The van der Waals surface area contributed by atoms with E-state index in [9.17, 15) is 4.79 Å². The first kappa shape index (κ1) is 15.0. The number of aryl methyl sites for hydroxylation is 2. The first-order chi connectivity index (χ1) is 12.1. The summed E-state index contributed by atoms with van der Waals surface area (Å²) < 4.78 is 6.68. The van der Waals surface area contributed by atoms with Crippen LogP contribution in [-0.4, -0.2) is 31.0 Å². The summed E-state index contributed by atoms with van der Waals surface area (Å²) in [6, 6.07) is 12.6. The molecule has 0 bridgehead atoms. The second-order valence-electron chi connectivity index (χ2n) is 5.55. The zero-order chi connectivity index (χ0) is 17.4. The van der Waals surface area contributed by atoms with Gasteiger partial charge in [-0.25, -0.2) is 4.68 Å². The van der Waals surface area contributed by atoms with Crippen molar-refractivity contribution in [3.05, 3.63) is 53.9 Å². The van der Waals surface area contributed by atoms with Gasteiger partial charge in [0.1, 0.15) is 5.52 Å². The molecular weight excluding hydrogens is 320 g/mol. The van der Waals surface area contributed by atoms with Crippen molar-refractivity contribution in [1.29, 1.82) is 0 Å². The van der Waals surface area contributed by atoms with Gasteiger partial charge in [0.2, 0.25) is 11.7 Å². The van der Waals surface area contributed by atoms with E-state index in [1.54, 1.807) is 36.9 Å². The number of para-hydroxylation sites is 1. The smallest absolute Gasteiger partial charge is 0.255 e. The van der Waals surface area contributed by atoms with E-state index >= 15 is 0 Å². The van der Waals surface area contributed by atoms with Gasteiger partial charge >= 0.3 is 0 Å². The molecule has 0 radical (unpaired) electrons.